The molecule has 0 aliphatic carbocycles. The summed E-state index contributed by atoms with van der Waals surface area (Å²) in [4.78, 5) is 10.7. The molecule has 0 atom stereocenters. The van der Waals surface area contributed by atoms with Gasteiger partial charge in [-0.2, -0.15) is 0 Å². The largest absolute Gasteiger partial charge is 0.457 e. The van der Waals surface area contributed by atoms with Crippen molar-refractivity contribution in [2.24, 2.45) is 0 Å². The van der Waals surface area contributed by atoms with Gasteiger partial charge in [-0.3, -0.25) is 14.8 Å². The molecule has 0 saturated carbocycles. The minimum Gasteiger partial charge on any atom is -0.457 e. The molecule has 7 nitrogen and oxygen atoms in total. The van der Waals surface area contributed by atoms with E-state index in [1.807, 2.05) is 13.8 Å². The lowest BCUT2D eigenvalue weighted by Crippen LogP contribution is -2.13. The van der Waals surface area contributed by atoms with E-state index >= 15 is 0 Å². The highest BCUT2D eigenvalue weighted by atomic mass is 35.5. The minimum absolute atomic E-state index is 0.0149. The first-order valence-electron chi connectivity index (χ1n) is 9.00. The number of benzene rings is 3. The SMILES string of the molecule is CC(C)c1ccc(S(=O)(=O)Nc2cc(Oc3ccc(Cl)cc3)cc([N+](=O)[O-])c2)cc1. The van der Waals surface area contributed by atoms with E-state index in [2.05, 4.69) is 4.72 Å². The number of nitro groups is 1. The van der Waals surface area contributed by atoms with Crippen LogP contribution >= 0.6 is 11.6 Å². The Kier molecular flexibility index (Phi) is 6.28. The molecule has 0 heterocycles. The van der Waals surface area contributed by atoms with Crippen LogP contribution in [0.4, 0.5) is 11.4 Å². The molecule has 0 fully saturated rings. The van der Waals surface area contributed by atoms with E-state index in [0.717, 1.165) is 11.6 Å². The molecule has 3 rings (SSSR count). The lowest BCUT2D eigenvalue weighted by molar-refractivity contribution is -0.384. The predicted octanol–water partition coefficient (Wildman–Crippen LogP) is 5.96. The van der Waals surface area contributed by atoms with E-state index < -0.39 is 14.9 Å². The summed E-state index contributed by atoms with van der Waals surface area (Å²) in [5.41, 5.74) is 0.707. The fourth-order valence-electron chi connectivity index (χ4n) is 2.69. The molecule has 0 saturated heterocycles. The highest BCUT2D eigenvalue weighted by Crippen LogP contribution is 2.31. The van der Waals surface area contributed by atoms with Crippen molar-refractivity contribution in [1.29, 1.82) is 0 Å². The van der Waals surface area contributed by atoms with Gasteiger partial charge in [0.1, 0.15) is 11.5 Å². The molecule has 0 unspecified atom stereocenters. The van der Waals surface area contributed by atoms with Crippen molar-refractivity contribution in [2.75, 3.05) is 4.72 Å². The van der Waals surface area contributed by atoms with Crippen molar-refractivity contribution in [3.8, 4) is 11.5 Å². The van der Waals surface area contributed by atoms with E-state index in [1.54, 1.807) is 36.4 Å². The van der Waals surface area contributed by atoms with Crippen molar-refractivity contribution in [3.05, 3.63) is 87.4 Å². The van der Waals surface area contributed by atoms with E-state index in [4.69, 9.17) is 16.3 Å². The second-order valence-electron chi connectivity index (χ2n) is 6.86. The topological polar surface area (TPSA) is 98.5 Å². The highest BCUT2D eigenvalue weighted by Gasteiger charge is 2.18. The van der Waals surface area contributed by atoms with E-state index in [9.17, 15) is 18.5 Å². The van der Waals surface area contributed by atoms with Gasteiger partial charge in [0.15, 0.2) is 0 Å². The van der Waals surface area contributed by atoms with Crippen LogP contribution in [-0.2, 0) is 10.0 Å². The van der Waals surface area contributed by atoms with Gasteiger partial charge in [0, 0.05) is 17.2 Å². The van der Waals surface area contributed by atoms with Gasteiger partial charge >= 0.3 is 0 Å². The van der Waals surface area contributed by atoms with Gasteiger partial charge in [-0.25, -0.2) is 8.42 Å². The molecule has 3 aromatic rings. The second-order valence-corrected chi connectivity index (χ2v) is 8.98. The monoisotopic (exact) mass is 446 g/mol. The number of hydrogen-bond acceptors (Lipinski definition) is 5. The number of nitrogens with one attached hydrogen (secondary N) is 1. The van der Waals surface area contributed by atoms with Crippen molar-refractivity contribution in [2.45, 2.75) is 24.7 Å². The molecule has 0 spiro atoms. The Morgan fingerprint density at radius 2 is 1.60 bits per heavy atom. The summed E-state index contributed by atoms with van der Waals surface area (Å²) in [6, 6.07) is 16.6. The number of non-ortho nitro benzene ring substituents is 1. The molecule has 0 aliphatic rings. The molecule has 30 heavy (non-hydrogen) atoms. The quantitative estimate of drug-likeness (QED) is 0.356. The smallest absolute Gasteiger partial charge is 0.275 e. The maximum absolute atomic E-state index is 12.7. The van der Waals surface area contributed by atoms with E-state index in [1.165, 1.54) is 24.3 Å². The second kappa shape index (κ2) is 8.73. The maximum atomic E-state index is 12.7. The van der Waals surface area contributed by atoms with Gasteiger partial charge in [0.05, 0.1) is 21.6 Å². The molecule has 3 aromatic carbocycles. The van der Waals surface area contributed by atoms with Crippen LogP contribution in [0.25, 0.3) is 0 Å². The standard InChI is InChI=1S/C21H19ClN2O5S/c1-14(2)15-3-9-21(10-4-15)30(27,28)23-17-11-18(24(25)26)13-20(12-17)29-19-7-5-16(22)6-8-19/h3-14,23H,1-2H3. The third-order valence-electron chi connectivity index (χ3n) is 4.26. The van der Waals surface area contributed by atoms with Crippen molar-refractivity contribution in [1.82, 2.24) is 0 Å². The number of nitro benzene ring substituents is 1. The van der Waals surface area contributed by atoms with Crippen LogP contribution in [0.15, 0.2) is 71.6 Å². The number of anilines is 1. The number of sulfonamides is 1. The highest BCUT2D eigenvalue weighted by molar-refractivity contribution is 7.92. The number of ether oxygens (including phenoxy) is 1. The first-order valence-corrected chi connectivity index (χ1v) is 10.9. The summed E-state index contributed by atoms with van der Waals surface area (Å²) >= 11 is 5.84. The fraction of sp³-hybridized carbons (Fsp3) is 0.143. The lowest BCUT2D eigenvalue weighted by Gasteiger charge is -2.12. The van der Waals surface area contributed by atoms with Crippen LogP contribution in [0.5, 0.6) is 11.5 Å². The molecule has 1 N–H and O–H groups in total. The van der Waals surface area contributed by atoms with Gasteiger partial charge in [-0.1, -0.05) is 37.6 Å². The number of nitrogens with zero attached hydrogens (tertiary/aromatic N) is 1. The first kappa shape index (κ1) is 21.6. The number of rotatable bonds is 7. The molecule has 9 heteroatoms. The number of hydrogen-bond donors (Lipinski definition) is 1. The molecule has 0 bridgehead atoms. The Hall–Kier alpha value is -3.10. The average Bonchev–Trinajstić information content (AvgIpc) is 2.69. The molecular weight excluding hydrogens is 428 g/mol. The van der Waals surface area contributed by atoms with Gasteiger partial charge in [0.2, 0.25) is 0 Å². The van der Waals surface area contributed by atoms with Gasteiger partial charge in [0.25, 0.3) is 15.7 Å². The minimum atomic E-state index is -3.94. The first-order chi connectivity index (χ1) is 14.1. The molecule has 0 aromatic heterocycles. The zero-order chi connectivity index (χ0) is 21.9. The van der Waals surface area contributed by atoms with Crippen LogP contribution in [0.2, 0.25) is 5.02 Å². The lowest BCUT2D eigenvalue weighted by atomic mass is 10.0. The third-order valence-corrected chi connectivity index (χ3v) is 5.91. The summed E-state index contributed by atoms with van der Waals surface area (Å²) in [7, 11) is -3.94. The van der Waals surface area contributed by atoms with Crippen LogP contribution < -0.4 is 9.46 Å². The Balaban J connectivity index is 1.91. The molecular formula is C21H19ClN2O5S. The summed E-state index contributed by atoms with van der Waals surface area (Å²) in [5.74, 6) is 0.774. The summed E-state index contributed by atoms with van der Waals surface area (Å²) in [6.45, 7) is 4.01. The Morgan fingerprint density at radius 3 is 2.17 bits per heavy atom. The number of halogens is 1. The van der Waals surface area contributed by atoms with Crippen molar-refractivity contribution >= 4 is 33.0 Å². The maximum Gasteiger partial charge on any atom is 0.275 e. The van der Waals surface area contributed by atoms with Crippen LogP contribution in [-0.4, -0.2) is 13.3 Å². The zero-order valence-electron chi connectivity index (χ0n) is 16.2. The Labute approximate surface area is 179 Å². The molecule has 156 valence electrons. The van der Waals surface area contributed by atoms with Gasteiger partial charge < -0.3 is 4.74 Å². The zero-order valence-corrected chi connectivity index (χ0v) is 17.8. The summed E-state index contributed by atoms with van der Waals surface area (Å²) in [5, 5.41) is 11.8. The molecule has 0 aliphatic heterocycles. The fourth-order valence-corrected chi connectivity index (χ4v) is 3.86. The van der Waals surface area contributed by atoms with Gasteiger partial charge in [-0.15, -0.1) is 0 Å². The van der Waals surface area contributed by atoms with Crippen LogP contribution in [0.1, 0.15) is 25.3 Å². The van der Waals surface area contributed by atoms with Crippen molar-refractivity contribution < 1.29 is 18.1 Å². The van der Waals surface area contributed by atoms with Crippen LogP contribution in [0.3, 0.4) is 0 Å². The Morgan fingerprint density at radius 1 is 0.967 bits per heavy atom. The average molecular weight is 447 g/mol. The molecule has 0 amide bonds. The van der Waals surface area contributed by atoms with Gasteiger partial charge in [-0.05, 0) is 47.9 Å². The van der Waals surface area contributed by atoms with Crippen LogP contribution in [0, 0.1) is 10.1 Å². The molecule has 0 radical (unpaired) electrons. The van der Waals surface area contributed by atoms with Crippen molar-refractivity contribution in [3.63, 3.8) is 0 Å². The summed E-state index contributed by atoms with van der Waals surface area (Å²) < 4.78 is 33.5. The normalized spacial score (nSPS) is 11.3. The third kappa shape index (κ3) is 5.28. The van der Waals surface area contributed by atoms with E-state index in [0.29, 0.717) is 10.8 Å². The predicted molar refractivity (Wildman–Crippen MR) is 116 cm³/mol. The summed E-state index contributed by atoms with van der Waals surface area (Å²) in [6.07, 6.45) is 0. The Bertz CT molecular complexity index is 1160. The van der Waals surface area contributed by atoms with E-state index in [-0.39, 0.29) is 27.9 Å².